The van der Waals surface area contributed by atoms with Crippen LogP contribution < -0.4 is 4.72 Å². The second-order valence-corrected chi connectivity index (χ2v) is 7.26. The lowest BCUT2D eigenvalue weighted by molar-refractivity contribution is -0.138. The van der Waals surface area contributed by atoms with Gasteiger partial charge in [-0.05, 0) is 6.92 Å². The molecule has 9 heteroatoms. The number of aliphatic carboxylic acids is 1. The lowest BCUT2D eigenvalue weighted by Gasteiger charge is -2.09. The summed E-state index contributed by atoms with van der Waals surface area (Å²) in [6.07, 6.45) is 0.906. The molecular formula is C6H13NO6S2. The van der Waals surface area contributed by atoms with Gasteiger partial charge in [0.25, 0.3) is 0 Å². The Morgan fingerprint density at radius 3 is 2.07 bits per heavy atom. The molecule has 0 aliphatic heterocycles. The molecule has 90 valence electrons. The van der Waals surface area contributed by atoms with E-state index in [0.29, 0.717) is 0 Å². The van der Waals surface area contributed by atoms with E-state index in [1.807, 2.05) is 4.72 Å². The summed E-state index contributed by atoms with van der Waals surface area (Å²) in [4.78, 5) is 10.3. The van der Waals surface area contributed by atoms with E-state index in [9.17, 15) is 21.6 Å². The Balaban J connectivity index is 4.40. The molecule has 0 saturated heterocycles. The van der Waals surface area contributed by atoms with Crippen LogP contribution in [0, 0.1) is 0 Å². The summed E-state index contributed by atoms with van der Waals surface area (Å²) in [7, 11) is -7.25. The minimum absolute atomic E-state index is 0.533. The molecule has 2 N–H and O–H groups in total. The Morgan fingerprint density at radius 1 is 1.27 bits per heavy atom. The molecule has 0 aromatic carbocycles. The van der Waals surface area contributed by atoms with Crippen molar-refractivity contribution in [2.45, 2.75) is 13.0 Å². The van der Waals surface area contributed by atoms with Gasteiger partial charge in [0.1, 0.15) is 15.9 Å². The average Bonchev–Trinajstić information content (AvgIpc) is 1.99. The van der Waals surface area contributed by atoms with Gasteiger partial charge in [-0.3, -0.25) is 4.79 Å². The Labute approximate surface area is 88.5 Å². The average molecular weight is 259 g/mol. The van der Waals surface area contributed by atoms with E-state index in [1.165, 1.54) is 0 Å². The minimum Gasteiger partial charge on any atom is -0.480 e. The number of carboxylic acids is 1. The number of sulfone groups is 1. The van der Waals surface area contributed by atoms with Crippen LogP contribution >= 0.6 is 0 Å². The topological polar surface area (TPSA) is 118 Å². The van der Waals surface area contributed by atoms with Gasteiger partial charge in [-0.15, -0.1) is 0 Å². The zero-order valence-corrected chi connectivity index (χ0v) is 9.93. The summed E-state index contributed by atoms with van der Waals surface area (Å²) in [5.74, 6) is -2.49. The van der Waals surface area contributed by atoms with E-state index in [-0.39, 0.29) is 0 Å². The van der Waals surface area contributed by atoms with Crippen LogP contribution in [0.5, 0.6) is 0 Å². The highest BCUT2D eigenvalue weighted by molar-refractivity contribution is 7.93. The van der Waals surface area contributed by atoms with E-state index in [1.54, 1.807) is 0 Å². The predicted molar refractivity (Wildman–Crippen MR) is 53.7 cm³/mol. The number of hydrogen-bond acceptors (Lipinski definition) is 5. The third-order valence-corrected chi connectivity index (χ3v) is 4.11. The fraction of sp³-hybridized carbons (Fsp3) is 0.833. The quantitative estimate of drug-likeness (QED) is 0.594. The van der Waals surface area contributed by atoms with Crippen molar-refractivity contribution in [3.63, 3.8) is 0 Å². The molecular weight excluding hydrogens is 246 g/mol. The van der Waals surface area contributed by atoms with E-state index in [2.05, 4.69) is 0 Å². The minimum atomic E-state index is -3.87. The zero-order chi connectivity index (χ0) is 12.3. The van der Waals surface area contributed by atoms with E-state index in [4.69, 9.17) is 5.11 Å². The van der Waals surface area contributed by atoms with Gasteiger partial charge in [0.2, 0.25) is 10.0 Å². The first-order chi connectivity index (χ1) is 6.53. The van der Waals surface area contributed by atoms with Gasteiger partial charge < -0.3 is 5.11 Å². The molecule has 0 aliphatic rings. The summed E-state index contributed by atoms with van der Waals surface area (Å²) in [5, 5.41) is 8.43. The number of carboxylic acid groups (broad SMARTS) is 1. The molecule has 0 amide bonds. The SMILES string of the molecule is CC(NS(=O)(=O)CCS(C)(=O)=O)C(=O)O. The second kappa shape index (κ2) is 4.90. The van der Waals surface area contributed by atoms with Gasteiger partial charge in [0, 0.05) is 6.26 Å². The highest BCUT2D eigenvalue weighted by atomic mass is 32.2. The molecule has 0 heterocycles. The zero-order valence-electron chi connectivity index (χ0n) is 8.30. The maximum absolute atomic E-state index is 11.2. The van der Waals surface area contributed by atoms with Crippen LogP contribution in [0.4, 0.5) is 0 Å². The van der Waals surface area contributed by atoms with Gasteiger partial charge in [-0.2, -0.15) is 0 Å². The van der Waals surface area contributed by atoms with Gasteiger partial charge >= 0.3 is 5.97 Å². The van der Waals surface area contributed by atoms with Crippen molar-refractivity contribution in [3.8, 4) is 0 Å². The third-order valence-electron chi connectivity index (χ3n) is 1.45. The fourth-order valence-electron chi connectivity index (χ4n) is 0.640. The molecule has 0 aliphatic carbocycles. The number of carbonyl (C=O) groups is 1. The maximum Gasteiger partial charge on any atom is 0.321 e. The summed E-state index contributed by atoms with van der Waals surface area (Å²) < 4.78 is 45.5. The lowest BCUT2D eigenvalue weighted by atomic mass is 10.4. The van der Waals surface area contributed by atoms with Crippen molar-refractivity contribution < 1.29 is 26.7 Å². The number of nitrogens with one attached hydrogen (secondary N) is 1. The molecule has 15 heavy (non-hydrogen) atoms. The summed E-state index contributed by atoms with van der Waals surface area (Å²) in [6.45, 7) is 1.15. The monoisotopic (exact) mass is 259 g/mol. The van der Waals surface area contributed by atoms with Crippen LogP contribution in [0.3, 0.4) is 0 Å². The van der Waals surface area contributed by atoms with Crippen molar-refractivity contribution in [2.24, 2.45) is 0 Å². The second-order valence-electron chi connectivity index (χ2n) is 3.13. The Bertz CT molecular complexity index is 423. The number of rotatable bonds is 6. The van der Waals surface area contributed by atoms with Gasteiger partial charge in [-0.25, -0.2) is 21.6 Å². The first-order valence-corrected chi connectivity index (χ1v) is 7.65. The summed E-state index contributed by atoms with van der Waals surface area (Å²) in [5.41, 5.74) is 0. The molecule has 0 aromatic rings. The molecule has 1 atom stereocenters. The Morgan fingerprint density at radius 2 is 1.73 bits per heavy atom. The standard InChI is InChI=1S/C6H13NO6S2/c1-5(6(8)9)7-15(12,13)4-3-14(2,10)11/h5,7H,3-4H2,1-2H3,(H,8,9). The van der Waals surface area contributed by atoms with Crippen LogP contribution in [0.25, 0.3) is 0 Å². The van der Waals surface area contributed by atoms with Crippen LogP contribution in [-0.2, 0) is 24.7 Å². The molecule has 0 radical (unpaired) electrons. The molecule has 0 bridgehead atoms. The highest BCUT2D eigenvalue weighted by Crippen LogP contribution is 1.93. The maximum atomic E-state index is 11.2. The fourth-order valence-corrected chi connectivity index (χ4v) is 3.49. The normalized spacial score (nSPS) is 14.8. The smallest absolute Gasteiger partial charge is 0.321 e. The third kappa shape index (κ3) is 7.28. The van der Waals surface area contributed by atoms with Crippen molar-refractivity contribution in [1.29, 1.82) is 0 Å². The lowest BCUT2D eigenvalue weighted by Crippen LogP contribution is -2.40. The molecule has 0 spiro atoms. The van der Waals surface area contributed by atoms with Crippen molar-refractivity contribution in [2.75, 3.05) is 17.8 Å². The molecule has 0 saturated carbocycles. The van der Waals surface area contributed by atoms with Crippen molar-refractivity contribution in [1.82, 2.24) is 4.72 Å². The van der Waals surface area contributed by atoms with Gasteiger partial charge in [-0.1, -0.05) is 0 Å². The van der Waals surface area contributed by atoms with Crippen LogP contribution in [0.2, 0.25) is 0 Å². The molecule has 0 rings (SSSR count). The summed E-state index contributed by atoms with van der Waals surface area (Å²) in [6, 6.07) is -1.27. The van der Waals surface area contributed by atoms with Crippen LogP contribution in [0.15, 0.2) is 0 Å². The number of sulfonamides is 1. The van der Waals surface area contributed by atoms with Gasteiger partial charge in [0.15, 0.2) is 0 Å². The van der Waals surface area contributed by atoms with E-state index in [0.717, 1.165) is 13.2 Å². The molecule has 1 unspecified atom stereocenters. The predicted octanol–water partition coefficient (Wildman–Crippen LogP) is -1.58. The molecule has 0 aromatic heterocycles. The first-order valence-electron chi connectivity index (χ1n) is 3.94. The van der Waals surface area contributed by atoms with E-state index >= 15 is 0 Å². The van der Waals surface area contributed by atoms with E-state index < -0.39 is 43.4 Å². The molecule has 7 nitrogen and oxygen atoms in total. The largest absolute Gasteiger partial charge is 0.480 e. The first kappa shape index (κ1) is 14.3. The van der Waals surface area contributed by atoms with Crippen LogP contribution in [-0.4, -0.2) is 51.7 Å². The van der Waals surface area contributed by atoms with Crippen LogP contribution in [0.1, 0.15) is 6.92 Å². The van der Waals surface area contributed by atoms with Crippen molar-refractivity contribution in [3.05, 3.63) is 0 Å². The highest BCUT2D eigenvalue weighted by Gasteiger charge is 2.20. The Kier molecular flexibility index (Phi) is 4.68. The molecule has 0 fully saturated rings. The Hall–Kier alpha value is -0.670. The summed E-state index contributed by atoms with van der Waals surface area (Å²) >= 11 is 0. The van der Waals surface area contributed by atoms with Crippen molar-refractivity contribution >= 4 is 25.8 Å². The van der Waals surface area contributed by atoms with Gasteiger partial charge in [0.05, 0.1) is 11.5 Å². The number of hydrogen-bond donors (Lipinski definition) is 2.